The molecular formula is C17H25NO2. The van der Waals surface area contributed by atoms with E-state index in [1.54, 1.807) is 11.8 Å². The van der Waals surface area contributed by atoms with E-state index in [2.05, 4.69) is 24.3 Å². The number of aryl methyl sites for hydroxylation is 1. The quantitative estimate of drug-likeness (QED) is 0.897. The summed E-state index contributed by atoms with van der Waals surface area (Å²) >= 11 is 0. The third-order valence-electron chi connectivity index (χ3n) is 4.22. The first-order valence-electron chi connectivity index (χ1n) is 7.57. The molecule has 1 N–H and O–H groups in total. The Bertz CT molecular complexity index is 456. The molecule has 3 nitrogen and oxygen atoms in total. The molecule has 1 aliphatic carbocycles. The van der Waals surface area contributed by atoms with Gasteiger partial charge in [-0.05, 0) is 49.7 Å². The summed E-state index contributed by atoms with van der Waals surface area (Å²) in [7, 11) is 1.83. The van der Waals surface area contributed by atoms with Crippen molar-refractivity contribution in [2.24, 2.45) is 0 Å². The Morgan fingerprint density at radius 1 is 1.45 bits per heavy atom. The van der Waals surface area contributed by atoms with Crippen molar-refractivity contribution in [2.75, 3.05) is 13.6 Å². The van der Waals surface area contributed by atoms with Crippen molar-refractivity contribution in [1.82, 2.24) is 4.90 Å². The molecule has 1 aliphatic rings. The number of nitrogens with zero attached hydrogens (tertiary/aromatic N) is 1. The first-order valence-corrected chi connectivity index (χ1v) is 7.57. The van der Waals surface area contributed by atoms with Gasteiger partial charge in [-0.25, -0.2) is 0 Å². The van der Waals surface area contributed by atoms with E-state index in [-0.39, 0.29) is 12.0 Å². The van der Waals surface area contributed by atoms with Crippen LogP contribution in [0.25, 0.3) is 0 Å². The summed E-state index contributed by atoms with van der Waals surface area (Å²) in [4.78, 5) is 14.0. The summed E-state index contributed by atoms with van der Waals surface area (Å²) in [6, 6.07) is 8.50. The minimum atomic E-state index is -0.347. The van der Waals surface area contributed by atoms with Gasteiger partial charge in [-0.3, -0.25) is 4.79 Å². The van der Waals surface area contributed by atoms with Crippen LogP contribution in [0.15, 0.2) is 24.3 Å². The van der Waals surface area contributed by atoms with E-state index in [0.29, 0.717) is 25.3 Å². The van der Waals surface area contributed by atoms with Crippen molar-refractivity contribution >= 4 is 5.91 Å². The van der Waals surface area contributed by atoms with Gasteiger partial charge in [-0.1, -0.05) is 24.3 Å². The molecule has 2 atom stereocenters. The highest BCUT2D eigenvalue weighted by Crippen LogP contribution is 2.34. The average molecular weight is 275 g/mol. The maximum Gasteiger partial charge on any atom is 0.222 e. The summed E-state index contributed by atoms with van der Waals surface area (Å²) in [5, 5.41) is 9.30. The molecule has 20 heavy (non-hydrogen) atoms. The molecule has 0 bridgehead atoms. The van der Waals surface area contributed by atoms with Gasteiger partial charge in [0.1, 0.15) is 0 Å². The molecule has 0 heterocycles. The molecule has 1 aromatic carbocycles. The smallest absolute Gasteiger partial charge is 0.222 e. The van der Waals surface area contributed by atoms with Crippen LogP contribution in [0.3, 0.4) is 0 Å². The maximum atomic E-state index is 12.3. The lowest BCUT2D eigenvalue weighted by molar-refractivity contribution is -0.130. The predicted octanol–water partition coefficient (Wildman–Crippen LogP) is 2.73. The fourth-order valence-corrected chi connectivity index (χ4v) is 2.94. The van der Waals surface area contributed by atoms with Gasteiger partial charge in [0.25, 0.3) is 0 Å². The van der Waals surface area contributed by atoms with Crippen molar-refractivity contribution in [3.05, 3.63) is 35.4 Å². The summed E-state index contributed by atoms with van der Waals surface area (Å²) in [5.41, 5.74) is 2.76. The molecule has 0 fully saturated rings. The normalized spacial score (nSPS) is 19.2. The zero-order chi connectivity index (χ0) is 14.5. The Kier molecular flexibility index (Phi) is 5.18. The number of aliphatic hydroxyl groups excluding tert-OH is 1. The van der Waals surface area contributed by atoms with E-state index in [0.717, 1.165) is 12.8 Å². The molecule has 110 valence electrons. The van der Waals surface area contributed by atoms with Crippen molar-refractivity contribution < 1.29 is 9.90 Å². The molecule has 0 saturated heterocycles. The highest BCUT2D eigenvalue weighted by molar-refractivity contribution is 5.77. The van der Waals surface area contributed by atoms with Crippen molar-refractivity contribution in [3.8, 4) is 0 Å². The molecule has 2 rings (SSSR count). The average Bonchev–Trinajstić information content (AvgIpc) is 2.45. The number of hydrogen-bond acceptors (Lipinski definition) is 2. The highest BCUT2D eigenvalue weighted by atomic mass is 16.3. The van der Waals surface area contributed by atoms with Crippen molar-refractivity contribution in [1.29, 1.82) is 0 Å². The lowest BCUT2D eigenvalue weighted by Gasteiger charge is -2.27. The number of aliphatic hydroxyl groups is 1. The van der Waals surface area contributed by atoms with Gasteiger partial charge in [0.05, 0.1) is 6.10 Å². The third kappa shape index (κ3) is 3.83. The maximum absolute atomic E-state index is 12.3. The molecule has 2 unspecified atom stereocenters. The van der Waals surface area contributed by atoms with E-state index in [1.165, 1.54) is 17.5 Å². The molecular weight excluding hydrogens is 250 g/mol. The van der Waals surface area contributed by atoms with Crippen LogP contribution < -0.4 is 0 Å². The number of hydrogen-bond donors (Lipinski definition) is 1. The molecule has 0 aromatic heterocycles. The lowest BCUT2D eigenvalue weighted by Crippen LogP contribution is -2.31. The van der Waals surface area contributed by atoms with Crippen LogP contribution >= 0.6 is 0 Å². The van der Waals surface area contributed by atoms with Gasteiger partial charge in [0.2, 0.25) is 5.91 Å². The number of amides is 1. The second-order valence-corrected chi connectivity index (χ2v) is 5.95. The number of benzene rings is 1. The van der Waals surface area contributed by atoms with Gasteiger partial charge in [-0.2, -0.15) is 0 Å². The Morgan fingerprint density at radius 3 is 2.95 bits per heavy atom. The standard InChI is InChI=1S/C17H25NO2/c1-13(19)10-11-18(2)17(20)12-15-8-5-7-14-6-3-4-9-16(14)15/h3-4,6,9,13,15,19H,5,7-8,10-12H2,1-2H3. The largest absolute Gasteiger partial charge is 0.393 e. The Labute approximate surface area is 121 Å². The predicted molar refractivity (Wildman–Crippen MR) is 80.7 cm³/mol. The molecule has 3 heteroatoms. The molecule has 1 aromatic rings. The second kappa shape index (κ2) is 6.89. The molecule has 0 aliphatic heterocycles. The third-order valence-corrected chi connectivity index (χ3v) is 4.22. The number of rotatable bonds is 5. The van der Waals surface area contributed by atoms with Crippen LogP contribution in [-0.2, 0) is 11.2 Å². The van der Waals surface area contributed by atoms with E-state index >= 15 is 0 Å². The van der Waals surface area contributed by atoms with Gasteiger partial charge >= 0.3 is 0 Å². The Morgan fingerprint density at radius 2 is 2.20 bits per heavy atom. The van der Waals surface area contributed by atoms with Gasteiger partial charge in [0.15, 0.2) is 0 Å². The zero-order valence-electron chi connectivity index (χ0n) is 12.5. The fourth-order valence-electron chi connectivity index (χ4n) is 2.94. The monoisotopic (exact) mass is 275 g/mol. The minimum Gasteiger partial charge on any atom is -0.393 e. The van der Waals surface area contributed by atoms with E-state index in [9.17, 15) is 9.90 Å². The van der Waals surface area contributed by atoms with Crippen LogP contribution in [0.5, 0.6) is 0 Å². The van der Waals surface area contributed by atoms with Gasteiger partial charge in [0, 0.05) is 20.0 Å². The second-order valence-electron chi connectivity index (χ2n) is 5.95. The van der Waals surface area contributed by atoms with Crippen LogP contribution in [0.1, 0.15) is 49.7 Å². The number of carbonyl (C=O) groups is 1. The van der Waals surface area contributed by atoms with Crippen molar-refractivity contribution in [3.63, 3.8) is 0 Å². The molecule has 1 amide bonds. The van der Waals surface area contributed by atoms with Crippen LogP contribution in [0, 0.1) is 0 Å². The van der Waals surface area contributed by atoms with Crippen molar-refractivity contribution in [2.45, 2.75) is 51.0 Å². The van der Waals surface area contributed by atoms with E-state index < -0.39 is 0 Å². The Balaban J connectivity index is 1.95. The van der Waals surface area contributed by atoms with Gasteiger partial charge in [-0.15, -0.1) is 0 Å². The topological polar surface area (TPSA) is 40.5 Å². The van der Waals surface area contributed by atoms with E-state index in [1.807, 2.05) is 7.05 Å². The van der Waals surface area contributed by atoms with Gasteiger partial charge < -0.3 is 10.0 Å². The molecule has 0 saturated carbocycles. The first-order chi connectivity index (χ1) is 9.58. The molecule has 0 spiro atoms. The SMILES string of the molecule is CC(O)CCN(C)C(=O)CC1CCCc2ccccc21. The fraction of sp³-hybridized carbons (Fsp3) is 0.588. The number of carbonyl (C=O) groups excluding carboxylic acids is 1. The summed E-state index contributed by atoms with van der Waals surface area (Å²) < 4.78 is 0. The van der Waals surface area contributed by atoms with Crippen LogP contribution in [0.4, 0.5) is 0 Å². The summed E-state index contributed by atoms with van der Waals surface area (Å²) in [6.07, 6.45) is 4.30. The Hall–Kier alpha value is -1.35. The zero-order valence-corrected chi connectivity index (χ0v) is 12.5. The number of fused-ring (bicyclic) bond motifs is 1. The van der Waals surface area contributed by atoms with Crippen LogP contribution in [-0.4, -0.2) is 35.6 Å². The summed E-state index contributed by atoms with van der Waals surface area (Å²) in [5.74, 6) is 0.550. The van der Waals surface area contributed by atoms with E-state index in [4.69, 9.17) is 0 Å². The highest BCUT2D eigenvalue weighted by Gasteiger charge is 2.23. The van der Waals surface area contributed by atoms with Crippen LogP contribution in [0.2, 0.25) is 0 Å². The molecule has 0 radical (unpaired) electrons. The lowest BCUT2D eigenvalue weighted by atomic mass is 9.81. The first kappa shape index (κ1) is 15.0. The minimum absolute atomic E-state index is 0.187. The summed E-state index contributed by atoms with van der Waals surface area (Å²) in [6.45, 7) is 2.39.